The Morgan fingerprint density at radius 3 is 2.80 bits per heavy atom. The predicted octanol–water partition coefficient (Wildman–Crippen LogP) is 3.72. The maximum absolute atomic E-state index is 13.4. The van der Waals surface area contributed by atoms with Crippen molar-refractivity contribution in [3.63, 3.8) is 0 Å². The Hall–Kier alpha value is -2.62. The highest BCUT2D eigenvalue weighted by Gasteiger charge is 2.56. The van der Waals surface area contributed by atoms with Crippen LogP contribution >= 0.6 is 0 Å². The highest BCUT2D eigenvalue weighted by Crippen LogP contribution is 2.54. The molecule has 1 aliphatic heterocycles. The number of aryl methyl sites for hydroxylation is 1. The zero-order chi connectivity index (χ0) is 17.6. The van der Waals surface area contributed by atoms with Gasteiger partial charge in [-0.25, -0.2) is 0 Å². The van der Waals surface area contributed by atoms with Crippen LogP contribution < -0.4 is 9.47 Å². The van der Waals surface area contributed by atoms with E-state index >= 15 is 0 Å². The maximum atomic E-state index is 13.4. The lowest BCUT2D eigenvalue weighted by Crippen LogP contribution is -2.50. The van der Waals surface area contributed by atoms with E-state index in [1.807, 2.05) is 42.5 Å². The fourth-order valence-electron chi connectivity index (χ4n) is 4.24. The van der Waals surface area contributed by atoms with Crippen LogP contribution in [0, 0.1) is 0 Å². The molecule has 2 aromatic carbocycles. The third-order valence-corrected chi connectivity index (χ3v) is 5.35. The molecule has 4 rings (SSSR count). The molecular formula is C21H20O4. The molecule has 0 radical (unpaired) electrons. The smallest absolute Gasteiger partial charge is 0.207 e. The lowest BCUT2D eigenvalue weighted by atomic mass is 9.69. The predicted molar refractivity (Wildman–Crippen MR) is 93.5 cm³/mol. The van der Waals surface area contributed by atoms with Gasteiger partial charge in [-0.2, -0.15) is 0 Å². The molecule has 0 aromatic heterocycles. The molecular weight excluding hydrogens is 316 g/mol. The number of carbonyl (C=O) groups excluding carboxylic acids is 2. The van der Waals surface area contributed by atoms with Gasteiger partial charge in [0.05, 0.1) is 7.11 Å². The van der Waals surface area contributed by atoms with Crippen LogP contribution in [0.5, 0.6) is 11.5 Å². The molecule has 0 N–H and O–H groups in total. The van der Waals surface area contributed by atoms with Crippen molar-refractivity contribution in [2.24, 2.45) is 0 Å². The highest BCUT2D eigenvalue weighted by atomic mass is 16.5. The summed E-state index contributed by atoms with van der Waals surface area (Å²) in [5, 5.41) is 0. The molecule has 4 nitrogen and oxygen atoms in total. The van der Waals surface area contributed by atoms with Gasteiger partial charge in [0.25, 0.3) is 0 Å². The summed E-state index contributed by atoms with van der Waals surface area (Å²) in [5.41, 5.74) is 1.57. The average molecular weight is 336 g/mol. The number of hydrogen-bond acceptors (Lipinski definition) is 4. The van der Waals surface area contributed by atoms with E-state index in [0.29, 0.717) is 23.5 Å². The molecule has 4 heteroatoms. The monoisotopic (exact) mass is 336 g/mol. The summed E-state index contributed by atoms with van der Waals surface area (Å²) in [7, 11) is 1.60. The largest absolute Gasteiger partial charge is 0.496 e. The molecule has 2 aromatic rings. The zero-order valence-electron chi connectivity index (χ0n) is 14.4. The Morgan fingerprint density at radius 1 is 1.24 bits per heavy atom. The molecule has 2 aliphatic rings. The van der Waals surface area contributed by atoms with Gasteiger partial charge in [-0.3, -0.25) is 4.79 Å². The fourth-order valence-corrected chi connectivity index (χ4v) is 4.24. The third-order valence-electron chi connectivity index (χ3n) is 5.35. The first-order chi connectivity index (χ1) is 12.1. The number of ketones is 2. The number of Topliss-reactive ketones (excluding diaryl/α,β-unsaturated/α-hetero) is 2. The van der Waals surface area contributed by atoms with Crippen LogP contribution in [0.25, 0.3) is 0 Å². The second-order valence-electron chi connectivity index (χ2n) is 6.81. The van der Waals surface area contributed by atoms with Crippen LogP contribution in [0.2, 0.25) is 0 Å². The summed E-state index contributed by atoms with van der Waals surface area (Å²) in [4.78, 5) is 25.4. The molecule has 0 saturated carbocycles. The number of rotatable bonds is 3. The van der Waals surface area contributed by atoms with E-state index in [1.165, 1.54) is 0 Å². The molecule has 1 spiro atoms. The first-order valence-corrected chi connectivity index (χ1v) is 8.55. The van der Waals surface area contributed by atoms with E-state index in [0.717, 1.165) is 17.5 Å². The van der Waals surface area contributed by atoms with Gasteiger partial charge >= 0.3 is 0 Å². The van der Waals surface area contributed by atoms with E-state index < -0.39 is 5.60 Å². The fraction of sp³-hybridized carbons (Fsp3) is 0.333. The summed E-state index contributed by atoms with van der Waals surface area (Å²) in [6.45, 7) is 1.56. The summed E-state index contributed by atoms with van der Waals surface area (Å²) in [5.74, 6) is 1.01. The minimum atomic E-state index is -1.02. The number of carbonyl (C=O) groups is 2. The van der Waals surface area contributed by atoms with Crippen LogP contribution in [0.1, 0.15) is 47.2 Å². The van der Waals surface area contributed by atoms with Crippen LogP contribution in [0.3, 0.4) is 0 Å². The molecule has 2 atom stereocenters. The first-order valence-electron chi connectivity index (χ1n) is 8.55. The number of hydrogen-bond donors (Lipinski definition) is 0. The number of ether oxygens (including phenoxy) is 2. The van der Waals surface area contributed by atoms with E-state index in [-0.39, 0.29) is 23.9 Å². The summed E-state index contributed by atoms with van der Waals surface area (Å²) >= 11 is 0. The minimum Gasteiger partial charge on any atom is -0.496 e. The van der Waals surface area contributed by atoms with Gasteiger partial charge in [-0.05, 0) is 37.5 Å². The maximum Gasteiger partial charge on any atom is 0.207 e. The van der Waals surface area contributed by atoms with Gasteiger partial charge in [0.1, 0.15) is 17.3 Å². The van der Waals surface area contributed by atoms with Crippen molar-refractivity contribution >= 4 is 11.6 Å². The Labute approximate surface area is 146 Å². The number of methoxy groups -OCH3 is 1. The Balaban J connectivity index is 1.88. The van der Waals surface area contributed by atoms with Crippen LogP contribution in [-0.2, 0) is 11.2 Å². The van der Waals surface area contributed by atoms with Gasteiger partial charge in [0, 0.05) is 23.5 Å². The van der Waals surface area contributed by atoms with Crippen molar-refractivity contribution in [1.29, 1.82) is 0 Å². The minimum absolute atomic E-state index is 0.0288. The van der Waals surface area contributed by atoms with Gasteiger partial charge in [0.15, 0.2) is 5.60 Å². The van der Waals surface area contributed by atoms with Gasteiger partial charge < -0.3 is 14.3 Å². The van der Waals surface area contributed by atoms with Crippen molar-refractivity contribution in [2.75, 3.05) is 7.11 Å². The molecule has 0 fully saturated rings. The molecule has 25 heavy (non-hydrogen) atoms. The Bertz CT molecular complexity index is 870. The second-order valence-corrected chi connectivity index (χ2v) is 6.81. The highest BCUT2D eigenvalue weighted by molar-refractivity contribution is 6.06. The SMILES string of the molecule is COc1cccc2c1C(CC(C)=O)C1(CCc3ccccc3C1=O)O2. The van der Waals surface area contributed by atoms with E-state index in [2.05, 4.69) is 0 Å². The number of benzene rings is 2. The van der Waals surface area contributed by atoms with Crippen LogP contribution in [0.4, 0.5) is 0 Å². The van der Waals surface area contributed by atoms with Crippen molar-refractivity contribution in [2.45, 2.75) is 37.7 Å². The lowest BCUT2D eigenvalue weighted by Gasteiger charge is -2.37. The van der Waals surface area contributed by atoms with Gasteiger partial charge in [-0.15, -0.1) is 0 Å². The third kappa shape index (κ3) is 2.28. The Morgan fingerprint density at radius 2 is 2.04 bits per heavy atom. The van der Waals surface area contributed by atoms with Crippen LogP contribution in [-0.4, -0.2) is 24.3 Å². The standard InChI is InChI=1S/C21H20O4/c1-13(22)12-16-19-17(24-2)8-5-9-18(19)25-21(16)11-10-14-6-3-4-7-15(14)20(21)23/h3-9,16H,10-12H2,1-2H3. The van der Waals surface area contributed by atoms with E-state index in [9.17, 15) is 9.59 Å². The van der Waals surface area contributed by atoms with Crippen molar-refractivity contribution < 1.29 is 19.1 Å². The van der Waals surface area contributed by atoms with Gasteiger partial charge in [-0.1, -0.05) is 30.3 Å². The van der Waals surface area contributed by atoms with Crippen LogP contribution in [0.15, 0.2) is 42.5 Å². The zero-order valence-corrected chi connectivity index (χ0v) is 14.4. The molecule has 1 heterocycles. The van der Waals surface area contributed by atoms with Gasteiger partial charge in [0.2, 0.25) is 5.78 Å². The topological polar surface area (TPSA) is 52.6 Å². The lowest BCUT2D eigenvalue weighted by molar-refractivity contribution is -0.118. The number of fused-ring (bicyclic) bond motifs is 2. The molecule has 2 unspecified atom stereocenters. The summed E-state index contributed by atoms with van der Waals surface area (Å²) in [6, 6.07) is 13.2. The average Bonchev–Trinajstić information content (AvgIpc) is 2.92. The molecule has 0 amide bonds. The molecule has 1 aliphatic carbocycles. The second kappa shape index (κ2) is 5.73. The molecule has 128 valence electrons. The summed E-state index contributed by atoms with van der Waals surface area (Å²) < 4.78 is 11.8. The summed E-state index contributed by atoms with van der Waals surface area (Å²) in [6.07, 6.45) is 1.59. The van der Waals surface area contributed by atoms with Crippen molar-refractivity contribution in [1.82, 2.24) is 0 Å². The molecule has 0 saturated heterocycles. The quantitative estimate of drug-likeness (QED) is 0.857. The van der Waals surface area contributed by atoms with Crippen molar-refractivity contribution in [3.8, 4) is 11.5 Å². The Kier molecular flexibility index (Phi) is 3.64. The molecule has 0 bridgehead atoms. The first kappa shape index (κ1) is 15.9. The van der Waals surface area contributed by atoms with E-state index in [1.54, 1.807) is 14.0 Å². The van der Waals surface area contributed by atoms with Crippen molar-refractivity contribution in [3.05, 3.63) is 59.2 Å². The van der Waals surface area contributed by atoms with E-state index in [4.69, 9.17) is 9.47 Å². The normalized spacial score (nSPS) is 23.8.